The maximum atomic E-state index is 9.63. The zero-order valence-corrected chi connectivity index (χ0v) is 25.5. The molecule has 3 heterocycles. The quantitative estimate of drug-likeness (QED) is 0.200. The van der Waals surface area contributed by atoms with Crippen LogP contribution in [0, 0.1) is 11.3 Å². The second-order valence-corrected chi connectivity index (χ2v) is 12.3. The van der Waals surface area contributed by atoms with Gasteiger partial charge in [-0.05, 0) is 102 Å². The van der Waals surface area contributed by atoms with Crippen molar-refractivity contribution in [3.63, 3.8) is 0 Å². The lowest BCUT2D eigenvalue weighted by Crippen LogP contribution is -1.94. The van der Waals surface area contributed by atoms with Crippen LogP contribution in [0.5, 0.6) is 0 Å². The third kappa shape index (κ3) is 4.47. The Hall–Kier alpha value is -5.67. The Balaban J connectivity index is 1.34. The lowest BCUT2D eigenvalue weighted by Gasteiger charge is -2.08. The summed E-state index contributed by atoms with van der Waals surface area (Å²) in [6.45, 7) is 8.71. The smallest absolute Gasteiger partial charge is 0.227 e. The fraction of sp³-hybridized carbons (Fsp3) is 0.154. The first kappa shape index (κ1) is 26.9. The summed E-state index contributed by atoms with van der Waals surface area (Å²) in [5, 5.41) is 11.7. The number of fused-ring (bicyclic) bond motifs is 5. The normalized spacial score (nSPS) is 11.9. The van der Waals surface area contributed by atoms with Gasteiger partial charge >= 0.3 is 0 Å². The summed E-state index contributed by atoms with van der Waals surface area (Å²) in [6.07, 6.45) is 0. The zero-order chi connectivity index (χ0) is 30.8. The molecule has 0 saturated heterocycles. The molecular weight excluding hydrogens is 556 g/mol. The summed E-state index contributed by atoms with van der Waals surface area (Å²) in [6, 6.07) is 35.0. The minimum absolute atomic E-state index is 0.407. The number of oxazole rings is 2. The van der Waals surface area contributed by atoms with E-state index in [1.807, 2.05) is 48.5 Å². The Labute approximate surface area is 260 Å². The van der Waals surface area contributed by atoms with E-state index in [4.69, 9.17) is 18.8 Å². The Morgan fingerprint density at radius 1 is 0.622 bits per heavy atom. The molecule has 3 aromatic heterocycles. The molecule has 5 aromatic carbocycles. The third-order valence-corrected chi connectivity index (χ3v) is 8.65. The summed E-state index contributed by atoms with van der Waals surface area (Å²) in [5.74, 6) is 1.97. The standard InChI is InChI=1S/C39H30N4O2/c1-22(2)25-10-14-36-32(19-25)41-38(44-36)27-8-12-34-30(17-27)31-18-28(39-42-33-20-26(23(3)4)11-15-37(33)45-39)9-13-35(31)43(34)29-7-5-6-24(16-29)21-40/h5-20,22-23H,1-4H3. The van der Waals surface area contributed by atoms with Gasteiger partial charge in [0.1, 0.15) is 11.0 Å². The highest BCUT2D eigenvalue weighted by atomic mass is 16.4. The van der Waals surface area contributed by atoms with Gasteiger partial charge in [-0.2, -0.15) is 5.26 Å². The van der Waals surface area contributed by atoms with Gasteiger partial charge in [-0.3, -0.25) is 0 Å². The van der Waals surface area contributed by atoms with E-state index in [-0.39, 0.29) is 0 Å². The average molecular weight is 587 g/mol. The van der Waals surface area contributed by atoms with Crippen LogP contribution < -0.4 is 0 Å². The van der Waals surface area contributed by atoms with Crippen LogP contribution in [-0.2, 0) is 0 Å². The van der Waals surface area contributed by atoms with E-state index in [1.54, 1.807) is 0 Å². The first-order valence-electron chi connectivity index (χ1n) is 15.3. The molecule has 0 amide bonds. The van der Waals surface area contributed by atoms with E-state index >= 15 is 0 Å². The SMILES string of the molecule is CC(C)c1ccc2oc(-c3ccc4c(c3)c3cc(-c5nc6cc(C(C)C)ccc6o5)ccc3n4-c3cccc(C#N)c3)nc2c1. The maximum absolute atomic E-state index is 9.63. The van der Waals surface area contributed by atoms with Crippen molar-refractivity contribution in [2.24, 2.45) is 0 Å². The zero-order valence-electron chi connectivity index (χ0n) is 25.5. The summed E-state index contributed by atoms with van der Waals surface area (Å²) in [7, 11) is 0. The molecule has 0 atom stereocenters. The molecule has 6 heteroatoms. The molecule has 0 aliphatic heterocycles. The first-order valence-corrected chi connectivity index (χ1v) is 15.3. The second kappa shape index (κ2) is 10.2. The third-order valence-electron chi connectivity index (χ3n) is 8.65. The van der Waals surface area contributed by atoms with E-state index in [9.17, 15) is 5.26 Å². The van der Waals surface area contributed by atoms with Crippen LogP contribution in [0.3, 0.4) is 0 Å². The van der Waals surface area contributed by atoms with E-state index in [2.05, 4.69) is 86.9 Å². The molecule has 0 N–H and O–H groups in total. The number of nitrogens with zero attached hydrogens (tertiary/aromatic N) is 4. The molecule has 0 saturated carbocycles. The monoisotopic (exact) mass is 586 g/mol. The number of nitriles is 1. The van der Waals surface area contributed by atoms with Crippen LogP contribution in [-0.4, -0.2) is 14.5 Å². The van der Waals surface area contributed by atoms with Crippen LogP contribution in [0.1, 0.15) is 56.2 Å². The summed E-state index contributed by atoms with van der Waals surface area (Å²) >= 11 is 0. The number of rotatable bonds is 5. The predicted octanol–water partition coefficient (Wildman–Crippen LogP) is 10.5. The van der Waals surface area contributed by atoms with Crippen molar-refractivity contribution in [3.05, 3.63) is 114 Å². The molecule has 6 nitrogen and oxygen atoms in total. The van der Waals surface area contributed by atoms with Gasteiger partial charge < -0.3 is 13.4 Å². The summed E-state index contributed by atoms with van der Waals surface area (Å²) < 4.78 is 14.7. The van der Waals surface area contributed by atoms with Gasteiger partial charge in [0, 0.05) is 27.6 Å². The van der Waals surface area contributed by atoms with Crippen molar-refractivity contribution in [3.8, 4) is 34.7 Å². The van der Waals surface area contributed by atoms with E-state index in [0.717, 1.165) is 60.8 Å². The van der Waals surface area contributed by atoms with Crippen LogP contribution in [0.25, 0.3) is 72.6 Å². The van der Waals surface area contributed by atoms with Crippen molar-refractivity contribution >= 4 is 44.0 Å². The minimum atomic E-state index is 0.407. The predicted molar refractivity (Wildman–Crippen MR) is 180 cm³/mol. The van der Waals surface area contributed by atoms with E-state index < -0.39 is 0 Å². The highest BCUT2D eigenvalue weighted by Gasteiger charge is 2.18. The van der Waals surface area contributed by atoms with Gasteiger partial charge in [0.05, 0.1) is 22.7 Å². The van der Waals surface area contributed by atoms with Crippen LogP contribution in [0.2, 0.25) is 0 Å². The van der Waals surface area contributed by atoms with Crippen LogP contribution in [0.15, 0.2) is 106 Å². The second-order valence-electron chi connectivity index (χ2n) is 12.3. The molecule has 0 fully saturated rings. The van der Waals surface area contributed by atoms with E-state index in [0.29, 0.717) is 29.2 Å². The molecule has 8 aromatic rings. The summed E-state index contributed by atoms with van der Waals surface area (Å²) in [5.41, 5.74) is 11.0. The lowest BCUT2D eigenvalue weighted by atomic mass is 10.0. The average Bonchev–Trinajstić information content (AvgIpc) is 3.77. The highest BCUT2D eigenvalue weighted by Crippen LogP contribution is 2.38. The molecule has 0 spiro atoms. The van der Waals surface area contributed by atoms with Crippen LogP contribution >= 0.6 is 0 Å². The molecule has 0 unspecified atom stereocenters. The molecule has 45 heavy (non-hydrogen) atoms. The molecule has 0 aliphatic carbocycles. The van der Waals surface area contributed by atoms with Gasteiger partial charge in [-0.25, -0.2) is 9.97 Å². The first-order chi connectivity index (χ1) is 21.9. The van der Waals surface area contributed by atoms with Crippen molar-refractivity contribution in [1.29, 1.82) is 5.26 Å². The van der Waals surface area contributed by atoms with Gasteiger partial charge in [0.2, 0.25) is 11.8 Å². The van der Waals surface area contributed by atoms with Gasteiger partial charge in [0.15, 0.2) is 11.2 Å². The molecule has 218 valence electrons. The van der Waals surface area contributed by atoms with E-state index in [1.165, 1.54) is 11.1 Å². The number of hydrogen-bond acceptors (Lipinski definition) is 5. The fourth-order valence-corrected chi connectivity index (χ4v) is 6.14. The van der Waals surface area contributed by atoms with Gasteiger partial charge in [-0.1, -0.05) is 45.9 Å². The molecule has 0 aliphatic rings. The minimum Gasteiger partial charge on any atom is -0.436 e. The maximum Gasteiger partial charge on any atom is 0.227 e. The molecule has 0 radical (unpaired) electrons. The topological polar surface area (TPSA) is 80.8 Å². The van der Waals surface area contributed by atoms with Crippen molar-refractivity contribution in [2.75, 3.05) is 0 Å². The number of hydrogen-bond donors (Lipinski definition) is 0. The van der Waals surface area contributed by atoms with Crippen molar-refractivity contribution in [2.45, 2.75) is 39.5 Å². The number of aromatic nitrogens is 3. The summed E-state index contributed by atoms with van der Waals surface area (Å²) in [4.78, 5) is 9.75. The van der Waals surface area contributed by atoms with Gasteiger partial charge in [-0.15, -0.1) is 0 Å². The number of benzene rings is 5. The molecule has 0 bridgehead atoms. The van der Waals surface area contributed by atoms with Crippen LogP contribution in [0.4, 0.5) is 0 Å². The molecule has 8 rings (SSSR count). The largest absolute Gasteiger partial charge is 0.436 e. The van der Waals surface area contributed by atoms with Crippen molar-refractivity contribution in [1.82, 2.24) is 14.5 Å². The van der Waals surface area contributed by atoms with Crippen molar-refractivity contribution < 1.29 is 8.83 Å². The van der Waals surface area contributed by atoms with Gasteiger partial charge in [0.25, 0.3) is 0 Å². The lowest BCUT2D eigenvalue weighted by molar-refractivity contribution is 0.619. The Bertz CT molecular complexity index is 2320. The Kier molecular flexibility index (Phi) is 6.11. The Morgan fingerprint density at radius 2 is 1.16 bits per heavy atom. The highest BCUT2D eigenvalue weighted by molar-refractivity contribution is 6.11. The Morgan fingerprint density at radius 3 is 1.64 bits per heavy atom. The fourth-order valence-electron chi connectivity index (χ4n) is 6.14. The molecular formula is C39H30N4O2.